The van der Waals surface area contributed by atoms with Crippen molar-refractivity contribution in [2.75, 3.05) is 12.4 Å². The summed E-state index contributed by atoms with van der Waals surface area (Å²) in [6.07, 6.45) is 0.586. The minimum atomic E-state index is -3.69. The predicted molar refractivity (Wildman–Crippen MR) is 55.5 cm³/mol. The second-order valence-electron chi connectivity index (χ2n) is 2.49. The molecular weight excluding hydrogens is 217 g/mol. The molecular formula is C7H14NNaO4S. The number of primary amides is 1. The van der Waals surface area contributed by atoms with E-state index in [4.69, 9.17) is 5.73 Å². The fraction of sp³-hybridized carbons (Fsp3) is 0.571. The Balaban J connectivity index is 0. The molecule has 0 heterocycles. The van der Waals surface area contributed by atoms with Crippen molar-refractivity contribution in [2.24, 2.45) is 5.73 Å². The van der Waals surface area contributed by atoms with Crippen LogP contribution < -0.4 is 5.73 Å². The van der Waals surface area contributed by atoms with Gasteiger partial charge in [-0.25, -0.2) is 0 Å². The van der Waals surface area contributed by atoms with Crippen LogP contribution in [-0.2, 0) is 19.1 Å². The van der Waals surface area contributed by atoms with Gasteiger partial charge in [-0.3, -0.25) is 8.98 Å². The molecule has 5 nitrogen and oxygen atoms in total. The molecule has 0 rings (SSSR count). The van der Waals surface area contributed by atoms with Gasteiger partial charge in [0, 0.05) is 5.57 Å². The van der Waals surface area contributed by atoms with Crippen molar-refractivity contribution >= 4 is 45.6 Å². The monoisotopic (exact) mass is 231 g/mol. The summed E-state index contributed by atoms with van der Waals surface area (Å²) in [5, 5.41) is 0. The molecule has 0 radical (unpaired) electrons. The third-order valence-electron chi connectivity index (χ3n) is 1.17. The van der Waals surface area contributed by atoms with Crippen LogP contribution in [0.3, 0.4) is 0 Å². The summed E-state index contributed by atoms with van der Waals surface area (Å²) in [7, 11) is -3.69. The number of hydrogen-bond donors (Lipinski definition) is 1. The minimum absolute atomic E-state index is 0. The van der Waals surface area contributed by atoms with Gasteiger partial charge in [0.05, 0.1) is 6.61 Å². The van der Waals surface area contributed by atoms with Crippen molar-refractivity contribution < 1.29 is 17.4 Å². The van der Waals surface area contributed by atoms with Gasteiger partial charge in [0.2, 0.25) is 5.91 Å². The van der Waals surface area contributed by atoms with Gasteiger partial charge in [-0.15, -0.1) is 0 Å². The van der Waals surface area contributed by atoms with Gasteiger partial charge in [-0.2, -0.15) is 8.42 Å². The van der Waals surface area contributed by atoms with Gasteiger partial charge in [0.1, 0.15) is 5.75 Å². The fourth-order valence-electron chi connectivity index (χ4n) is 0.536. The van der Waals surface area contributed by atoms with E-state index in [1.165, 1.54) is 0 Å². The molecule has 0 saturated heterocycles. The van der Waals surface area contributed by atoms with E-state index in [-0.39, 0.29) is 41.7 Å². The van der Waals surface area contributed by atoms with E-state index in [9.17, 15) is 13.2 Å². The topological polar surface area (TPSA) is 86.5 Å². The van der Waals surface area contributed by atoms with Crippen molar-refractivity contribution in [1.82, 2.24) is 0 Å². The Bertz CT molecular complexity index is 299. The first-order chi connectivity index (χ1) is 5.89. The van der Waals surface area contributed by atoms with Gasteiger partial charge in [0.15, 0.2) is 0 Å². The van der Waals surface area contributed by atoms with Crippen molar-refractivity contribution in [3.8, 4) is 0 Å². The van der Waals surface area contributed by atoms with E-state index in [0.717, 1.165) is 0 Å². The van der Waals surface area contributed by atoms with Crippen LogP contribution in [0, 0.1) is 0 Å². The molecule has 0 aromatic heterocycles. The van der Waals surface area contributed by atoms with Gasteiger partial charge in [-0.1, -0.05) is 13.5 Å². The summed E-state index contributed by atoms with van der Waals surface area (Å²) in [6.45, 7) is 5.10. The van der Waals surface area contributed by atoms with E-state index in [1.807, 2.05) is 0 Å². The van der Waals surface area contributed by atoms with Crippen LogP contribution in [0.4, 0.5) is 0 Å². The molecule has 0 aliphatic carbocycles. The molecule has 0 spiro atoms. The molecule has 2 N–H and O–H groups in total. The van der Waals surface area contributed by atoms with Crippen molar-refractivity contribution in [3.63, 3.8) is 0 Å². The summed E-state index contributed by atoms with van der Waals surface area (Å²) in [5.74, 6) is -1.37. The normalized spacial score (nSPS) is 10.4. The molecule has 0 bridgehead atoms. The summed E-state index contributed by atoms with van der Waals surface area (Å²) in [4.78, 5) is 10.5. The van der Waals surface area contributed by atoms with Crippen LogP contribution >= 0.6 is 0 Å². The van der Waals surface area contributed by atoms with Crippen molar-refractivity contribution in [2.45, 2.75) is 13.3 Å². The zero-order valence-corrected chi connectivity index (χ0v) is 8.26. The van der Waals surface area contributed by atoms with Crippen LogP contribution in [0.25, 0.3) is 0 Å². The average Bonchev–Trinajstić information content (AvgIpc) is 2.00. The van der Waals surface area contributed by atoms with E-state index < -0.39 is 21.8 Å². The molecule has 0 saturated carbocycles. The Labute approximate surface area is 106 Å². The maximum atomic E-state index is 11.0. The summed E-state index contributed by atoms with van der Waals surface area (Å²) in [6, 6.07) is 0. The predicted octanol–water partition coefficient (Wildman–Crippen LogP) is -0.864. The Morgan fingerprint density at radius 3 is 2.36 bits per heavy atom. The third-order valence-corrected chi connectivity index (χ3v) is 2.39. The molecule has 0 atom stereocenters. The Morgan fingerprint density at radius 2 is 2.00 bits per heavy atom. The first kappa shape index (κ1) is 16.5. The third kappa shape index (κ3) is 7.52. The zero-order valence-electron chi connectivity index (χ0n) is 7.45. The molecule has 0 unspecified atom stereocenters. The molecule has 14 heavy (non-hydrogen) atoms. The molecule has 0 aromatic carbocycles. The standard InChI is InChI=1S/C7H13NO4S.Na.H/c1-3-4-12-13(10,11)5-6(2)7(8)9;;/h2-5H2,1H3,(H2,8,9);;. The van der Waals surface area contributed by atoms with Crippen LogP contribution in [-0.4, -0.2) is 56.2 Å². The maximum absolute atomic E-state index is 11.0. The second-order valence-corrected chi connectivity index (χ2v) is 4.13. The molecule has 0 aromatic rings. The van der Waals surface area contributed by atoms with Crippen LogP contribution in [0.15, 0.2) is 12.2 Å². The summed E-state index contributed by atoms with van der Waals surface area (Å²) < 4.78 is 26.5. The Morgan fingerprint density at radius 1 is 1.50 bits per heavy atom. The number of carbonyl (C=O) groups excluding carboxylic acids is 1. The Hall–Kier alpha value is 0.120. The van der Waals surface area contributed by atoms with Gasteiger partial charge < -0.3 is 5.73 Å². The number of nitrogens with two attached hydrogens (primary N) is 1. The second kappa shape index (κ2) is 7.42. The molecule has 0 aliphatic rings. The van der Waals surface area contributed by atoms with E-state index in [0.29, 0.717) is 6.42 Å². The molecule has 1 amide bonds. The van der Waals surface area contributed by atoms with Crippen LogP contribution in [0.2, 0.25) is 0 Å². The summed E-state index contributed by atoms with van der Waals surface area (Å²) >= 11 is 0. The number of amides is 1. The van der Waals surface area contributed by atoms with E-state index in [2.05, 4.69) is 10.8 Å². The van der Waals surface area contributed by atoms with Gasteiger partial charge >= 0.3 is 29.6 Å². The zero-order chi connectivity index (χ0) is 10.5. The number of hydrogen-bond acceptors (Lipinski definition) is 4. The Kier molecular flexibility index (Phi) is 8.77. The van der Waals surface area contributed by atoms with Crippen LogP contribution in [0.5, 0.6) is 0 Å². The first-order valence-corrected chi connectivity index (χ1v) is 5.31. The molecule has 7 heteroatoms. The number of rotatable bonds is 6. The SMILES string of the molecule is C=C(CS(=O)(=O)OCCC)C(N)=O.[NaH]. The molecule has 0 fully saturated rings. The average molecular weight is 231 g/mol. The molecule has 0 aliphatic heterocycles. The summed E-state index contributed by atoms with van der Waals surface area (Å²) in [5.41, 5.74) is 4.64. The fourth-order valence-corrected chi connectivity index (χ4v) is 1.61. The van der Waals surface area contributed by atoms with Gasteiger partial charge in [-0.05, 0) is 6.42 Å². The first-order valence-electron chi connectivity index (χ1n) is 3.73. The van der Waals surface area contributed by atoms with Crippen molar-refractivity contribution in [3.05, 3.63) is 12.2 Å². The van der Waals surface area contributed by atoms with Gasteiger partial charge in [0.25, 0.3) is 10.1 Å². The molecule has 78 valence electrons. The van der Waals surface area contributed by atoms with Crippen molar-refractivity contribution in [1.29, 1.82) is 0 Å². The van der Waals surface area contributed by atoms with E-state index >= 15 is 0 Å². The number of carbonyl (C=O) groups is 1. The van der Waals surface area contributed by atoms with E-state index in [1.54, 1.807) is 6.92 Å². The quantitative estimate of drug-likeness (QED) is 0.366. The van der Waals surface area contributed by atoms with Crippen LogP contribution in [0.1, 0.15) is 13.3 Å².